The molecule has 1 aliphatic heterocycles. The topological polar surface area (TPSA) is 89.6 Å². The molecule has 0 bridgehead atoms. The summed E-state index contributed by atoms with van der Waals surface area (Å²) in [7, 11) is 3.03. The highest BCUT2D eigenvalue weighted by atomic mass is 19.4. The normalized spacial score (nSPS) is 13.5. The number of pyridine rings is 1. The lowest BCUT2D eigenvalue weighted by atomic mass is 9.88. The molecular weight excluding hydrogens is 535 g/mol. The van der Waals surface area contributed by atoms with E-state index in [4.69, 9.17) is 4.74 Å². The van der Waals surface area contributed by atoms with Crippen LogP contribution in [0.1, 0.15) is 32.7 Å². The molecule has 0 unspecified atom stereocenters. The smallest absolute Gasteiger partial charge is 0.435 e. The Morgan fingerprint density at radius 2 is 1.83 bits per heavy atom. The number of fused-ring (bicyclic) bond motifs is 2. The largest absolute Gasteiger partial charge is 0.497 e. The molecule has 0 saturated heterocycles. The van der Waals surface area contributed by atoms with E-state index in [1.807, 2.05) is 42.5 Å². The Morgan fingerprint density at radius 3 is 2.63 bits per heavy atom. The van der Waals surface area contributed by atoms with Crippen LogP contribution in [0.25, 0.3) is 16.8 Å². The molecule has 5 aromatic rings. The molecule has 4 heterocycles. The molecule has 12 heteroatoms. The highest BCUT2D eigenvalue weighted by molar-refractivity contribution is 5.99. The van der Waals surface area contributed by atoms with Crippen LogP contribution >= 0.6 is 0 Å². The fourth-order valence-corrected chi connectivity index (χ4v) is 5.23. The molecule has 2 aromatic carbocycles. The maximum absolute atomic E-state index is 14.0. The second kappa shape index (κ2) is 10.3. The minimum absolute atomic E-state index is 0.0555. The van der Waals surface area contributed by atoms with Crippen LogP contribution in [-0.4, -0.2) is 48.8 Å². The predicted octanol–water partition coefficient (Wildman–Crippen LogP) is 4.97. The summed E-state index contributed by atoms with van der Waals surface area (Å²) in [5.74, 6) is 0.908. The number of alkyl halides is 3. The number of carbonyl (C=O) groups excluding carboxylic acids is 1. The molecule has 0 saturated carbocycles. The van der Waals surface area contributed by atoms with E-state index in [0.29, 0.717) is 59.1 Å². The maximum Gasteiger partial charge on any atom is 0.435 e. The van der Waals surface area contributed by atoms with Gasteiger partial charge < -0.3 is 15.0 Å². The van der Waals surface area contributed by atoms with Crippen molar-refractivity contribution >= 4 is 17.5 Å². The monoisotopic (exact) mass is 561 g/mol. The summed E-state index contributed by atoms with van der Waals surface area (Å²) in [6.07, 6.45) is -1.10. The number of hydrogen-bond donors (Lipinski definition) is 1. The summed E-state index contributed by atoms with van der Waals surface area (Å²) in [5.41, 5.74) is 2.42. The average molecular weight is 562 g/mol. The number of benzene rings is 2. The van der Waals surface area contributed by atoms with Crippen molar-refractivity contribution in [1.82, 2.24) is 29.3 Å². The number of nitrogens with zero attached hydrogens (tertiary/aromatic N) is 6. The van der Waals surface area contributed by atoms with Crippen molar-refractivity contribution in [2.75, 3.05) is 19.0 Å². The van der Waals surface area contributed by atoms with Crippen molar-refractivity contribution in [2.24, 2.45) is 7.05 Å². The number of hydrogen-bond acceptors (Lipinski definition) is 6. The number of halogens is 3. The number of carbonyl (C=O) groups is 1. The molecule has 3 aromatic heterocycles. The van der Waals surface area contributed by atoms with Crippen molar-refractivity contribution in [1.29, 1.82) is 0 Å². The molecular formula is C29H26F3N7O2. The van der Waals surface area contributed by atoms with Crippen LogP contribution in [0.3, 0.4) is 0 Å². The van der Waals surface area contributed by atoms with Gasteiger partial charge in [0.05, 0.1) is 7.11 Å². The predicted molar refractivity (Wildman–Crippen MR) is 145 cm³/mol. The highest BCUT2D eigenvalue weighted by Crippen LogP contribution is 2.40. The number of ether oxygens (including phenoxy) is 1. The summed E-state index contributed by atoms with van der Waals surface area (Å²) in [4.78, 5) is 15.5. The lowest BCUT2D eigenvalue weighted by Gasteiger charge is -2.31. The molecule has 1 amide bonds. The van der Waals surface area contributed by atoms with E-state index in [-0.39, 0.29) is 18.0 Å². The van der Waals surface area contributed by atoms with E-state index in [9.17, 15) is 18.0 Å². The summed E-state index contributed by atoms with van der Waals surface area (Å²) >= 11 is 0. The Hall–Kier alpha value is -4.87. The molecule has 210 valence electrons. The third-order valence-electron chi connectivity index (χ3n) is 7.12. The molecule has 1 aliphatic rings. The van der Waals surface area contributed by atoms with Crippen LogP contribution in [0.2, 0.25) is 0 Å². The van der Waals surface area contributed by atoms with Gasteiger partial charge in [-0.05, 0) is 65.1 Å². The minimum Gasteiger partial charge on any atom is -0.497 e. The average Bonchev–Trinajstić information content (AvgIpc) is 3.57. The molecule has 0 atom stereocenters. The number of methoxy groups -OCH3 is 1. The van der Waals surface area contributed by atoms with E-state index in [2.05, 4.69) is 20.6 Å². The number of anilines is 1. The van der Waals surface area contributed by atoms with Gasteiger partial charge in [-0.15, -0.1) is 10.2 Å². The van der Waals surface area contributed by atoms with Crippen LogP contribution < -0.4 is 10.1 Å². The molecule has 41 heavy (non-hydrogen) atoms. The van der Waals surface area contributed by atoms with Crippen LogP contribution in [0.4, 0.5) is 19.1 Å². The van der Waals surface area contributed by atoms with Gasteiger partial charge in [0.25, 0.3) is 5.91 Å². The molecule has 9 nitrogen and oxygen atoms in total. The maximum atomic E-state index is 14.0. The molecule has 0 fully saturated rings. The first kappa shape index (κ1) is 26.4. The van der Waals surface area contributed by atoms with Gasteiger partial charge in [-0.25, -0.2) is 0 Å². The molecule has 0 aliphatic carbocycles. The van der Waals surface area contributed by atoms with Crippen molar-refractivity contribution in [3.63, 3.8) is 0 Å². The lowest BCUT2D eigenvalue weighted by molar-refractivity contribution is -0.140. The van der Waals surface area contributed by atoms with Gasteiger partial charge in [-0.1, -0.05) is 18.2 Å². The highest BCUT2D eigenvalue weighted by Gasteiger charge is 2.39. The first-order chi connectivity index (χ1) is 19.7. The van der Waals surface area contributed by atoms with Gasteiger partial charge >= 0.3 is 6.18 Å². The van der Waals surface area contributed by atoms with Gasteiger partial charge in [0.1, 0.15) is 5.75 Å². The van der Waals surface area contributed by atoms with Crippen molar-refractivity contribution < 1.29 is 22.7 Å². The zero-order chi connectivity index (χ0) is 28.7. The summed E-state index contributed by atoms with van der Waals surface area (Å²) in [5, 5.41) is 15.2. The standard InChI is InChI=1S/C29H26F3N7O2/c1-37-17-24(26(36-37)29(30,31)32)22-13-19(15-33-28-35-34-25-8-3-4-10-39(25)28)14-23-21(22)9-11-38(27(23)40)16-18-6-5-7-20(12-18)41-2/h3-8,10,12-14,17H,9,11,15-16H2,1-2H3,(H,33,35). The van der Waals surface area contributed by atoms with Gasteiger partial charge in [0.2, 0.25) is 5.95 Å². The number of nitrogens with one attached hydrogen (secondary N) is 1. The van der Waals surface area contributed by atoms with Crippen molar-refractivity contribution in [3.8, 4) is 16.9 Å². The zero-order valence-electron chi connectivity index (χ0n) is 22.3. The number of aromatic nitrogens is 5. The SMILES string of the molecule is COc1cccc(CN2CCc3c(cc(CNc4nnc5ccccn45)cc3-c3cn(C)nc3C(F)(F)F)C2=O)c1. The quantitative estimate of drug-likeness (QED) is 0.302. The van der Waals surface area contributed by atoms with Gasteiger partial charge in [0.15, 0.2) is 11.3 Å². The second-order valence-electron chi connectivity index (χ2n) is 9.87. The van der Waals surface area contributed by atoms with Gasteiger partial charge in [0, 0.05) is 50.2 Å². The first-order valence-corrected chi connectivity index (χ1v) is 12.9. The van der Waals surface area contributed by atoms with Crippen LogP contribution in [0.15, 0.2) is 67.0 Å². The van der Waals surface area contributed by atoms with E-state index < -0.39 is 11.9 Å². The minimum atomic E-state index is -4.66. The second-order valence-corrected chi connectivity index (χ2v) is 9.87. The number of amides is 1. The van der Waals surface area contributed by atoms with Crippen LogP contribution in [0.5, 0.6) is 5.75 Å². The summed E-state index contributed by atoms with van der Waals surface area (Å²) in [6, 6.07) is 16.4. The molecule has 6 rings (SSSR count). The number of aryl methyl sites for hydroxylation is 1. The van der Waals surface area contributed by atoms with Gasteiger partial charge in [-0.2, -0.15) is 18.3 Å². The zero-order valence-corrected chi connectivity index (χ0v) is 22.3. The Labute approximate surface area is 233 Å². The van der Waals surface area contributed by atoms with Crippen LogP contribution in [0, 0.1) is 0 Å². The van der Waals surface area contributed by atoms with Crippen molar-refractivity contribution in [3.05, 3.63) is 94.9 Å². The molecule has 0 spiro atoms. The fourth-order valence-electron chi connectivity index (χ4n) is 5.23. The summed E-state index contributed by atoms with van der Waals surface area (Å²) < 4.78 is 50.3. The van der Waals surface area contributed by atoms with E-state index >= 15 is 0 Å². The van der Waals surface area contributed by atoms with E-state index in [0.717, 1.165) is 10.2 Å². The third kappa shape index (κ3) is 5.08. The Bertz CT molecular complexity index is 1760. The fraction of sp³-hybridized carbons (Fsp3) is 0.241. The van der Waals surface area contributed by atoms with Crippen LogP contribution in [-0.2, 0) is 32.7 Å². The van der Waals surface area contributed by atoms with E-state index in [1.54, 1.807) is 34.7 Å². The summed E-state index contributed by atoms with van der Waals surface area (Å²) in [6.45, 7) is 0.918. The van der Waals surface area contributed by atoms with Crippen molar-refractivity contribution in [2.45, 2.75) is 25.7 Å². The molecule has 1 N–H and O–H groups in total. The third-order valence-corrected chi connectivity index (χ3v) is 7.12. The van der Waals surface area contributed by atoms with E-state index in [1.165, 1.54) is 13.2 Å². The van der Waals surface area contributed by atoms with Gasteiger partial charge in [-0.3, -0.25) is 13.9 Å². The Balaban J connectivity index is 1.40. The lowest BCUT2D eigenvalue weighted by Crippen LogP contribution is -2.37. The number of rotatable bonds is 7. The Morgan fingerprint density at radius 1 is 1.00 bits per heavy atom. The molecule has 0 radical (unpaired) electrons. The first-order valence-electron chi connectivity index (χ1n) is 12.9. The Kier molecular flexibility index (Phi) is 6.60.